The van der Waals surface area contributed by atoms with E-state index < -0.39 is 0 Å². The molecule has 0 radical (unpaired) electrons. The number of rotatable bonds is 5. The fourth-order valence-electron chi connectivity index (χ4n) is 4.48. The summed E-state index contributed by atoms with van der Waals surface area (Å²) in [7, 11) is 4.10. The quantitative estimate of drug-likeness (QED) is 0.598. The van der Waals surface area contributed by atoms with E-state index in [1.165, 1.54) is 30.2 Å². The first-order chi connectivity index (χ1) is 15.0. The number of fused-ring (bicyclic) bond motifs is 1. The van der Waals surface area contributed by atoms with Gasteiger partial charge in [0.15, 0.2) is 5.11 Å². The Morgan fingerprint density at radius 3 is 2.48 bits per heavy atom. The van der Waals surface area contributed by atoms with Crippen LogP contribution in [0.2, 0.25) is 0 Å². The Morgan fingerprint density at radius 2 is 1.74 bits per heavy atom. The van der Waals surface area contributed by atoms with E-state index in [0.717, 1.165) is 50.3 Å². The van der Waals surface area contributed by atoms with Crippen molar-refractivity contribution in [3.63, 3.8) is 0 Å². The Kier molecular flexibility index (Phi) is 6.85. The molecule has 2 aliphatic carbocycles. The summed E-state index contributed by atoms with van der Waals surface area (Å²) in [4.78, 5) is 11.8. The number of aryl methyl sites for hydroxylation is 1. The summed E-state index contributed by atoms with van der Waals surface area (Å²) in [5, 5.41) is 10.3. The zero-order valence-corrected chi connectivity index (χ0v) is 19.1. The van der Waals surface area contributed by atoms with Gasteiger partial charge >= 0.3 is 0 Å². The summed E-state index contributed by atoms with van der Waals surface area (Å²) in [6, 6.07) is 7.19. The summed E-state index contributed by atoms with van der Waals surface area (Å²) in [6.07, 6.45) is 8.53. The van der Waals surface area contributed by atoms with Gasteiger partial charge in [0.25, 0.3) is 0 Å². The van der Waals surface area contributed by atoms with Gasteiger partial charge < -0.3 is 20.9 Å². The fraction of sp³-hybridized carbons (Fsp3) is 0.522. The van der Waals surface area contributed by atoms with Crippen LogP contribution in [0.15, 0.2) is 24.3 Å². The van der Waals surface area contributed by atoms with Crippen LogP contribution in [-0.2, 0) is 12.8 Å². The van der Waals surface area contributed by atoms with Crippen molar-refractivity contribution in [2.45, 2.75) is 63.5 Å². The van der Waals surface area contributed by atoms with E-state index in [9.17, 15) is 4.39 Å². The number of hydrogen-bond donors (Lipinski definition) is 3. The largest absolute Gasteiger partial charge is 0.362 e. The molecule has 0 aliphatic heterocycles. The monoisotopic (exact) mass is 442 g/mol. The Hall–Kier alpha value is -2.48. The molecule has 2 aromatic rings. The van der Waals surface area contributed by atoms with Crippen LogP contribution in [0.3, 0.4) is 0 Å². The average Bonchev–Trinajstić information content (AvgIpc) is 2.76. The summed E-state index contributed by atoms with van der Waals surface area (Å²) in [5.41, 5.74) is 2.91. The molecule has 2 aliphatic rings. The number of thiocarbonyl (C=S) groups is 1. The van der Waals surface area contributed by atoms with Gasteiger partial charge in [-0.25, -0.2) is 9.37 Å². The standard InChI is InChI=1S/C23H31FN6S/c1-30(2)21-17-7-3-5-9-19(17)27-22(29-21)25-15-11-13-16(14-12-15)26-23(31)28-20-10-6-4-8-18(20)24/h4,6,8,10,15-16H,3,5,7,9,11-14H2,1-2H3,(H,25,27,29)(H2,26,28,31). The maximum absolute atomic E-state index is 13.8. The molecule has 4 rings (SSSR count). The van der Waals surface area contributed by atoms with Crippen LogP contribution in [0.1, 0.15) is 49.8 Å². The molecule has 0 atom stereocenters. The highest BCUT2D eigenvalue weighted by molar-refractivity contribution is 7.80. The lowest BCUT2D eigenvalue weighted by Gasteiger charge is -2.31. The van der Waals surface area contributed by atoms with E-state index in [0.29, 0.717) is 16.8 Å². The molecular formula is C23H31FN6S. The van der Waals surface area contributed by atoms with Crippen molar-refractivity contribution in [2.24, 2.45) is 0 Å². The molecule has 3 N–H and O–H groups in total. The number of nitrogens with one attached hydrogen (secondary N) is 3. The summed E-state index contributed by atoms with van der Waals surface area (Å²) >= 11 is 5.38. The van der Waals surface area contributed by atoms with Gasteiger partial charge in [0.2, 0.25) is 5.95 Å². The molecule has 0 amide bonds. The molecule has 0 unspecified atom stereocenters. The molecule has 1 fully saturated rings. The molecule has 0 bridgehead atoms. The second-order valence-corrected chi connectivity index (χ2v) is 9.08. The van der Waals surface area contributed by atoms with Crippen molar-refractivity contribution in [2.75, 3.05) is 29.6 Å². The lowest BCUT2D eigenvalue weighted by Crippen LogP contribution is -2.42. The molecule has 8 heteroatoms. The second-order valence-electron chi connectivity index (χ2n) is 8.67. The molecular weight excluding hydrogens is 411 g/mol. The zero-order valence-electron chi connectivity index (χ0n) is 18.2. The van der Waals surface area contributed by atoms with Crippen LogP contribution < -0.4 is 20.9 Å². The van der Waals surface area contributed by atoms with Gasteiger partial charge in [0.1, 0.15) is 11.6 Å². The smallest absolute Gasteiger partial charge is 0.225 e. The molecule has 0 spiro atoms. The Bertz CT molecular complexity index is 926. The van der Waals surface area contributed by atoms with E-state index in [4.69, 9.17) is 22.2 Å². The molecule has 0 saturated heterocycles. The van der Waals surface area contributed by atoms with Crippen molar-refractivity contribution in [3.05, 3.63) is 41.3 Å². The SMILES string of the molecule is CN(C)c1nc(NC2CCC(NC(=S)Nc3ccccc3F)CC2)nc2c1CCCC2. The van der Waals surface area contributed by atoms with Gasteiger partial charge in [-0.1, -0.05) is 12.1 Å². The normalized spacial score (nSPS) is 20.5. The van der Waals surface area contributed by atoms with Gasteiger partial charge in [0.05, 0.1) is 11.4 Å². The third-order valence-electron chi connectivity index (χ3n) is 6.10. The second kappa shape index (κ2) is 9.77. The third-order valence-corrected chi connectivity index (χ3v) is 6.32. The first-order valence-electron chi connectivity index (χ1n) is 11.2. The molecule has 1 aromatic carbocycles. The minimum Gasteiger partial charge on any atom is -0.362 e. The lowest BCUT2D eigenvalue weighted by atomic mass is 9.91. The van der Waals surface area contributed by atoms with Crippen molar-refractivity contribution in [1.29, 1.82) is 0 Å². The number of anilines is 3. The van der Waals surface area contributed by atoms with E-state index in [1.54, 1.807) is 18.2 Å². The maximum atomic E-state index is 13.8. The lowest BCUT2D eigenvalue weighted by molar-refractivity contribution is 0.387. The average molecular weight is 443 g/mol. The van der Waals surface area contributed by atoms with Crippen LogP contribution in [0.5, 0.6) is 0 Å². The highest BCUT2D eigenvalue weighted by Gasteiger charge is 2.24. The van der Waals surface area contributed by atoms with Gasteiger partial charge in [-0.15, -0.1) is 0 Å². The Balaban J connectivity index is 1.31. The van der Waals surface area contributed by atoms with Crippen molar-refractivity contribution in [1.82, 2.24) is 15.3 Å². The minimum atomic E-state index is -0.304. The van der Waals surface area contributed by atoms with Crippen LogP contribution in [0.25, 0.3) is 0 Å². The molecule has 1 saturated carbocycles. The number of nitrogens with zero attached hydrogens (tertiary/aromatic N) is 3. The summed E-state index contributed by atoms with van der Waals surface area (Å²) in [6.45, 7) is 0. The fourth-order valence-corrected chi connectivity index (χ4v) is 4.76. The predicted octanol–water partition coefficient (Wildman–Crippen LogP) is 4.27. The van der Waals surface area contributed by atoms with E-state index in [2.05, 4.69) is 34.9 Å². The highest BCUT2D eigenvalue weighted by atomic mass is 32.1. The van der Waals surface area contributed by atoms with E-state index in [-0.39, 0.29) is 11.9 Å². The van der Waals surface area contributed by atoms with Gasteiger partial charge in [-0.3, -0.25) is 0 Å². The number of aromatic nitrogens is 2. The number of halogens is 1. The Morgan fingerprint density at radius 1 is 1.03 bits per heavy atom. The van der Waals surface area contributed by atoms with Gasteiger partial charge in [0, 0.05) is 31.7 Å². The number of benzene rings is 1. The van der Waals surface area contributed by atoms with Crippen LogP contribution in [0, 0.1) is 5.82 Å². The van der Waals surface area contributed by atoms with E-state index >= 15 is 0 Å². The van der Waals surface area contributed by atoms with Crippen LogP contribution in [-0.4, -0.2) is 41.3 Å². The molecule has 1 heterocycles. The number of para-hydroxylation sites is 1. The molecule has 6 nitrogen and oxygen atoms in total. The zero-order chi connectivity index (χ0) is 21.8. The molecule has 31 heavy (non-hydrogen) atoms. The maximum Gasteiger partial charge on any atom is 0.225 e. The first kappa shape index (κ1) is 21.7. The van der Waals surface area contributed by atoms with E-state index in [1.807, 2.05) is 0 Å². The topological polar surface area (TPSA) is 65.1 Å². The molecule has 1 aromatic heterocycles. The van der Waals surface area contributed by atoms with Crippen molar-refractivity contribution in [3.8, 4) is 0 Å². The Labute approximate surface area is 189 Å². The van der Waals surface area contributed by atoms with Crippen LogP contribution in [0.4, 0.5) is 21.8 Å². The molecule has 166 valence electrons. The minimum absolute atomic E-state index is 0.284. The summed E-state index contributed by atoms with van der Waals surface area (Å²) < 4.78 is 13.8. The summed E-state index contributed by atoms with van der Waals surface area (Å²) in [5.74, 6) is 1.49. The van der Waals surface area contributed by atoms with Gasteiger partial charge in [-0.05, 0) is 75.7 Å². The van der Waals surface area contributed by atoms with Crippen molar-refractivity contribution >= 4 is 34.8 Å². The first-order valence-corrected chi connectivity index (χ1v) is 11.6. The number of hydrogen-bond acceptors (Lipinski definition) is 5. The van der Waals surface area contributed by atoms with Gasteiger partial charge in [-0.2, -0.15) is 4.98 Å². The van der Waals surface area contributed by atoms with Crippen LogP contribution >= 0.6 is 12.2 Å². The third kappa shape index (κ3) is 5.42. The highest BCUT2D eigenvalue weighted by Crippen LogP contribution is 2.29. The van der Waals surface area contributed by atoms with Crippen molar-refractivity contribution < 1.29 is 4.39 Å². The predicted molar refractivity (Wildman–Crippen MR) is 128 cm³/mol.